The maximum atomic E-state index is 13.0. The summed E-state index contributed by atoms with van der Waals surface area (Å²) in [6.45, 7) is 3.94. The van der Waals surface area contributed by atoms with Crippen LogP contribution in [0.2, 0.25) is 0 Å². The van der Waals surface area contributed by atoms with Gasteiger partial charge in [-0.15, -0.1) is 0 Å². The predicted molar refractivity (Wildman–Crippen MR) is 98.5 cm³/mol. The minimum Gasteiger partial charge on any atom is -0.484 e. The number of anilines is 1. The molecule has 0 atom stereocenters. The summed E-state index contributed by atoms with van der Waals surface area (Å²) in [5.41, 5.74) is 1.43. The second kappa shape index (κ2) is 8.03. The molecule has 2 aromatic rings. The van der Waals surface area contributed by atoms with Crippen molar-refractivity contribution in [3.63, 3.8) is 0 Å². The van der Waals surface area contributed by atoms with Crippen LogP contribution in [0.4, 0.5) is 15.8 Å². The van der Waals surface area contributed by atoms with E-state index in [1.807, 2.05) is 0 Å². The molecule has 2 aromatic carbocycles. The van der Waals surface area contributed by atoms with Gasteiger partial charge in [0.1, 0.15) is 11.6 Å². The number of ether oxygens (including phenoxy) is 1. The second-order valence-electron chi connectivity index (χ2n) is 6.34. The number of nitro groups is 1. The number of hydrogen-bond donors (Lipinski definition) is 0. The fourth-order valence-corrected chi connectivity index (χ4v) is 3.02. The fraction of sp³-hybridized carbons (Fsp3) is 0.316. The Morgan fingerprint density at radius 1 is 1.15 bits per heavy atom. The van der Waals surface area contributed by atoms with Gasteiger partial charge in [0, 0.05) is 43.5 Å². The van der Waals surface area contributed by atoms with Crippen LogP contribution in [0.25, 0.3) is 0 Å². The van der Waals surface area contributed by atoms with E-state index in [1.165, 1.54) is 24.3 Å². The van der Waals surface area contributed by atoms with Crippen molar-refractivity contribution < 1.29 is 18.8 Å². The zero-order valence-electron chi connectivity index (χ0n) is 14.9. The molecule has 0 saturated carbocycles. The van der Waals surface area contributed by atoms with Crippen LogP contribution in [0.5, 0.6) is 5.75 Å². The van der Waals surface area contributed by atoms with Crippen molar-refractivity contribution in [3.8, 4) is 5.75 Å². The molecule has 1 amide bonds. The topological polar surface area (TPSA) is 75.9 Å². The summed E-state index contributed by atoms with van der Waals surface area (Å²) < 4.78 is 18.5. The van der Waals surface area contributed by atoms with Gasteiger partial charge in [0.2, 0.25) is 0 Å². The SMILES string of the molecule is Cc1cc(OCC(=O)N2CCN(c3ccc(F)cc3)CC2)ccc1[N+](=O)[O-]. The first-order valence-electron chi connectivity index (χ1n) is 8.60. The molecular formula is C19H20FN3O4. The van der Waals surface area contributed by atoms with E-state index < -0.39 is 4.92 Å². The first-order chi connectivity index (χ1) is 12.9. The highest BCUT2D eigenvalue weighted by molar-refractivity contribution is 5.78. The van der Waals surface area contributed by atoms with Crippen molar-refractivity contribution in [2.75, 3.05) is 37.7 Å². The molecule has 0 radical (unpaired) electrons. The van der Waals surface area contributed by atoms with Crippen LogP contribution in [0.3, 0.4) is 0 Å². The lowest BCUT2D eigenvalue weighted by molar-refractivity contribution is -0.385. The Kier molecular flexibility index (Phi) is 5.54. The number of piperazine rings is 1. The molecule has 0 bridgehead atoms. The lowest BCUT2D eigenvalue weighted by Gasteiger charge is -2.36. The normalized spacial score (nSPS) is 14.1. The van der Waals surface area contributed by atoms with Gasteiger partial charge in [0.05, 0.1) is 4.92 Å². The zero-order valence-corrected chi connectivity index (χ0v) is 14.9. The summed E-state index contributed by atoms with van der Waals surface area (Å²) in [5.74, 6) is 0.0207. The highest BCUT2D eigenvalue weighted by Gasteiger charge is 2.22. The lowest BCUT2D eigenvalue weighted by Crippen LogP contribution is -2.50. The Bertz CT molecular complexity index is 833. The molecule has 1 aliphatic rings. The fourth-order valence-electron chi connectivity index (χ4n) is 3.02. The van der Waals surface area contributed by atoms with Crippen LogP contribution in [-0.4, -0.2) is 48.5 Å². The van der Waals surface area contributed by atoms with E-state index in [4.69, 9.17) is 4.74 Å². The van der Waals surface area contributed by atoms with E-state index in [0.29, 0.717) is 37.5 Å². The first-order valence-corrected chi connectivity index (χ1v) is 8.60. The van der Waals surface area contributed by atoms with Crippen molar-refractivity contribution in [1.82, 2.24) is 4.90 Å². The summed E-state index contributed by atoms with van der Waals surface area (Å²) in [7, 11) is 0. The van der Waals surface area contributed by atoms with Gasteiger partial charge < -0.3 is 14.5 Å². The molecule has 1 saturated heterocycles. The van der Waals surface area contributed by atoms with Crippen LogP contribution < -0.4 is 9.64 Å². The highest BCUT2D eigenvalue weighted by atomic mass is 19.1. The minimum atomic E-state index is -0.454. The average Bonchev–Trinajstić information content (AvgIpc) is 2.66. The second-order valence-corrected chi connectivity index (χ2v) is 6.34. The summed E-state index contributed by atoms with van der Waals surface area (Å²) >= 11 is 0. The molecule has 1 heterocycles. The third-order valence-corrected chi connectivity index (χ3v) is 4.55. The Hall–Kier alpha value is -3.16. The van der Waals surface area contributed by atoms with Crippen molar-refractivity contribution in [2.45, 2.75) is 6.92 Å². The first kappa shape index (κ1) is 18.6. The minimum absolute atomic E-state index is 0.0191. The molecule has 27 heavy (non-hydrogen) atoms. The van der Waals surface area contributed by atoms with Crippen LogP contribution in [0.15, 0.2) is 42.5 Å². The number of aryl methyl sites for hydroxylation is 1. The number of benzene rings is 2. The van der Waals surface area contributed by atoms with Gasteiger partial charge in [-0.05, 0) is 43.3 Å². The van der Waals surface area contributed by atoms with Gasteiger partial charge in [-0.25, -0.2) is 4.39 Å². The van der Waals surface area contributed by atoms with Crippen molar-refractivity contribution >= 4 is 17.3 Å². The van der Waals surface area contributed by atoms with Gasteiger partial charge in [-0.3, -0.25) is 14.9 Å². The van der Waals surface area contributed by atoms with Gasteiger partial charge in [-0.2, -0.15) is 0 Å². The third kappa shape index (κ3) is 4.52. The molecule has 0 spiro atoms. The quantitative estimate of drug-likeness (QED) is 0.595. The highest BCUT2D eigenvalue weighted by Crippen LogP contribution is 2.23. The number of carbonyl (C=O) groups excluding carboxylic acids is 1. The van der Waals surface area contributed by atoms with E-state index in [0.717, 1.165) is 5.69 Å². The Balaban J connectivity index is 1.50. The van der Waals surface area contributed by atoms with Crippen molar-refractivity contribution in [1.29, 1.82) is 0 Å². The molecule has 8 heteroatoms. The van der Waals surface area contributed by atoms with Gasteiger partial charge in [0.15, 0.2) is 6.61 Å². The molecular weight excluding hydrogens is 353 g/mol. The number of rotatable bonds is 5. The molecule has 0 aromatic heterocycles. The third-order valence-electron chi connectivity index (χ3n) is 4.55. The predicted octanol–water partition coefficient (Wildman–Crippen LogP) is 2.77. The summed E-state index contributed by atoms with van der Waals surface area (Å²) in [5, 5.41) is 10.8. The van der Waals surface area contributed by atoms with Gasteiger partial charge in [-0.1, -0.05) is 0 Å². The Morgan fingerprint density at radius 3 is 2.41 bits per heavy atom. The standard InChI is InChI=1S/C19H20FN3O4/c1-14-12-17(6-7-18(14)23(25)26)27-13-19(24)22-10-8-21(9-11-22)16-4-2-15(20)3-5-16/h2-7,12H,8-11,13H2,1H3. The molecule has 1 fully saturated rings. The molecule has 1 aliphatic heterocycles. The summed E-state index contributed by atoms with van der Waals surface area (Å²) in [6.07, 6.45) is 0. The molecule has 142 valence electrons. The summed E-state index contributed by atoms with van der Waals surface area (Å²) in [6, 6.07) is 10.7. The number of carbonyl (C=O) groups is 1. The summed E-state index contributed by atoms with van der Waals surface area (Å²) in [4.78, 5) is 26.5. The number of amides is 1. The van der Waals surface area contributed by atoms with Crippen LogP contribution in [0, 0.1) is 22.9 Å². The van der Waals surface area contributed by atoms with Crippen LogP contribution >= 0.6 is 0 Å². The van der Waals surface area contributed by atoms with E-state index in [1.54, 1.807) is 30.0 Å². The zero-order chi connectivity index (χ0) is 19.4. The Labute approximate surface area is 156 Å². The number of nitrogens with zero attached hydrogens (tertiary/aromatic N) is 3. The lowest BCUT2D eigenvalue weighted by atomic mass is 10.2. The maximum absolute atomic E-state index is 13.0. The van der Waals surface area contributed by atoms with Crippen molar-refractivity contribution in [3.05, 3.63) is 64.0 Å². The van der Waals surface area contributed by atoms with Crippen LogP contribution in [0.1, 0.15) is 5.56 Å². The van der Waals surface area contributed by atoms with E-state index >= 15 is 0 Å². The number of nitro benzene ring substituents is 1. The van der Waals surface area contributed by atoms with Crippen LogP contribution in [-0.2, 0) is 4.79 Å². The molecule has 0 N–H and O–H groups in total. The molecule has 3 rings (SSSR count). The van der Waals surface area contributed by atoms with Gasteiger partial charge >= 0.3 is 0 Å². The number of hydrogen-bond acceptors (Lipinski definition) is 5. The maximum Gasteiger partial charge on any atom is 0.272 e. The van der Waals surface area contributed by atoms with E-state index in [9.17, 15) is 19.3 Å². The Morgan fingerprint density at radius 2 is 1.81 bits per heavy atom. The number of halogens is 1. The monoisotopic (exact) mass is 373 g/mol. The largest absolute Gasteiger partial charge is 0.484 e. The molecule has 0 aliphatic carbocycles. The molecule has 0 unspecified atom stereocenters. The van der Waals surface area contributed by atoms with Crippen molar-refractivity contribution in [2.24, 2.45) is 0 Å². The van der Waals surface area contributed by atoms with E-state index in [-0.39, 0.29) is 24.0 Å². The molecule has 7 nitrogen and oxygen atoms in total. The smallest absolute Gasteiger partial charge is 0.272 e. The van der Waals surface area contributed by atoms with E-state index in [2.05, 4.69) is 4.90 Å². The average molecular weight is 373 g/mol. The van der Waals surface area contributed by atoms with Gasteiger partial charge in [0.25, 0.3) is 11.6 Å².